The Hall–Kier alpha value is -4.47. The third kappa shape index (κ3) is 6.39. The molecule has 2 N–H and O–H groups in total. The van der Waals surface area contributed by atoms with Crippen molar-refractivity contribution in [1.29, 1.82) is 0 Å². The number of aromatic nitrogens is 4. The van der Waals surface area contributed by atoms with Crippen molar-refractivity contribution in [2.24, 2.45) is 0 Å². The average molecular weight is 550 g/mol. The van der Waals surface area contributed by atoms with E-state index >= 15 is 0 Å². The average Bonchev–Trinajstić information content (AvgIpc) is 3.35. The molecule has 0 radical (unpaired) electrons. The number of imidazole rings is 1. The number of nitrogens with one attached hydrogen (secondary N) is 2. The predicted molar refractivity (Wildman–Crippen MR) is 142 cm³/mol. The number of carbonyl (C=O) groups is 1. The van der Waals surface area contributed by atoms with Crippen LogP contribution in [0.4, 0.5) is 19.0 Å². The monoisotopic (exact) mass is 549 g/mol. The zero-order chi connectivity index (χ0) is 28.1. The summed E-state index contributed by atoms with van der Waals surface area (Å²) in [5.74, 6) is 5.86. The summed E-state index contributed by atoms with van der Waals surface area (Å²) >= 11 is 0. The van der Waals surface area contributed by atoms with Gasteiger partial charge in [-0.1, -0.05) is 12.0 Å². The molecule has 1 aliphatic rings. The van der Waals surface area contributed by atoms with Crippen LogP contribution < -0.4 is 15.4 Å². The smallest absolute Gasteiger partial charge is 0.416 e. The zero-order valence-corrected chi connectivity index (χ0v) is 21.6. The summed E-state index contributed by atoms with van der Waals surface area (Å²) in [5, 5.41) is 10.1. The van der Waals surface area contributed by atoms with Crippen LogP contribution in [0.3, 0.4) is 0 Å². The first-order valence-corrected chi connectivity index (χ1v) is 12.7. The van der Waals surface area contributed by atoms with Gasteiger partial charge in [0, 0.05) is 56.1 Å². The second kappa shape index (κ2) is 11.7. The van der Waals surface area contributed by atoms with Crippen LogP contribution in [0.25, 0.3) is 5.65 Å². The van der Waals surface area contributed by atoms with Crippen LogP contribution in [0, 0.1) is 11.8 Å². The van der Waals surface area contributed by atoms with Gasteiger partial charge in [-0.05, 0) is 48.7 Å². The number of nitrogens with zero attached hydrogens (tertiary/aromatic N) is 5. The molecule has 0 atom stereocenters. The van der Waals surface area contributed by atoms with Gasteiger partial charge in [-0.15, -0.1) is 5.10 Å². The van der Waals surface area contributed by atoms with Crippen molar-refractivity contribution in [3.05, 3.63) is 82.8 Å². The maximum Gasteiger partial charge on any atom is 0.416 e. The van der Waals surface area contributed by atoms with Crippen molar-refractivity contribution in [1.82, 2.24) is 29.8 Å². The molecular formula is C28H26F3N7O2. The quantitative estimate of drug-likeness (QED) is 0.355. The zero-order valence-electron chi connectivity index (χ0n) is 21.6. The Balaban J connectivity index is 1.33. The lowest BCUT2D eigenvalue weighted by Gasteiger charge is -2.28. The first kappa shape index (κ1) is 27.1. The Kier molecular flexibility index (Phi) is 7.95. The fraction of sp³-hybridized carbons (Fsp3) is 0.286. The molecule has 1 fully saturated rings. The van der Waals surface area contributed by atoms with Gasteiger partial charge in [-0.3, -0.25) is 9.69 Å². The topological polar surface area (TPSA) is 96.7 Å². The second-order valence-corrected chi connectivity index (χ2v) is 9.05. The van der Waals surface area contributed by atoms with Gasteiger partial charge in [0.25, 0.3) is 5.91 Å². The molecule has 5 rings (SSSR count). The lowest BCUT2D eigenvalue weighted by molar-refractivity contribution is -0.138. The number of benzene rings is 1. The molecule has 1 aromatic carbocycles. The highest BCUT2D eigenvalue weighted by Gasteiger charge is 2.34. The van der Waals surface area contributed by atoms with E-state index in [2.05, 4.69) is 37.5 Å². The number of fused-ring (bicyclic) bond motifs is 1. The Labute approximate surface area is 228 Å². The molecule has 0 bridgehead atoms. The predicted octanol–water partition coefficient (Wildman–Crippen LogP) is 3.60. The minimum absolute atomic E-state index is 0.114. The number of halogens is 3. The molecule has 40 heavy (non-hydrogen) atoms. The normalized spacial score (nSPS) is 14.0. The lowest BCUT2D eigenvalue weighted by atomic mass is 10.0. The Morgan fingerprint density at radius 2 is 1.93 bits per heavy atom. The minimum atomic E-state index is -4.59. The highest BCUT2D eigenvalue weighted by Crippen LogP contribution is 2.33. The minimum Gasteiger partial charge on any atom is -0.477 e. The van der Waals surface area contributed by atoms with Crippen molar-refractivity contribution in [3.63, 3.8) is 0 Å². The highest BCUT2D eigenvalue weighted by atomic mass is 19.4. The molecule has 1 aliphatic heterocycles. The molecule has 1 saturated heterocycles. The van der Waals surface area contributed by atoms with Crippen LogP contribution in [-0.2, 0) is 12.7 Å². The molecule has 3 aromatic heterocycles. The Morgan fingerprint density at radius 3 is 2.70 bits per heavy atom. The van der Waals surface area contributed by atoms with E-state index in [9.17, 15) is 18.0 Å². The molecular weight excluding hydrogens is 523 g/mol. The van der Waals surface area contributed by atoms with Crippen molar-refractivity contribution < 1.29 is 22.7 Å². The fourth-order valence-corrected chi connectivity index (χ4v) is 4.30. The van der Waals surface area contributed by atoms with Crippen LogP contribution in [0.15, 0.2) is 54.9 Å². The van der Waals surface area contributed by atoms with Gasteiger partial charge >= 0.3 is 6.18 Å². The van der Waals surface area contributed by atoms with E-state index in [-0.39, 0.29) is 23.5 Å². The van der Waals surface area contributed by atoms with E-state index in [1.807, 2.05) is 11.8 Å². The van der Waals surface area contributed by atoms with E-state index in [1.165, 1.54) is 24.4 Å². The summed E-state index contributed by atoms with van der Waals surface area (Å²) in [4.78, 5) is 23.2. The van der Waals surface area contributed by atoms with Gasteiger partial charge in [0.1, 0.15) is 11.5 Å². The number of rotatable bonds is 6. The number of ether oxygens (including phenoxy) is 1. The van der Waals surface area contributed by atoms with Gasteiger partial charge in [0.05, 0.1) is 18.4 Å². The van der Waals surface area contributed by atoms with Crippen LogP contribution in [-0.4, -0.2) is 63.2 Å². The van der Waals surface area contributed by atoms with Crippen molar-refractivity contribution in [2.45, 2.75) is 19.6 Å². The van der Waals surface area contributed by atoms with Gasteiger partial charge in [-0.25, -0.2) is 14.5 Å². The maximum atomic E-state index is 13.9. The van der Waals surface area contributed by atoms with Crippen LogP contribution in [0.2, 0.25) is 0 Å². The van der Waals surface area contributed by atoms with Crippen molar-refractivity contribution >= 4 is 17.4 Å². The molecule has 4 aromatic rings. The summed E-state index contributed by atoms with van der Waals surface area (Å²) in [5.41, 5.74) is 0.865. The van der Waals surface area contributed by atoms with Crippen LogP contribution >= 0.6 is 0 Å². The number of hydrogen-bond donors (Lipinski definition) is 2. The van der Waals surface area contributed by atoms with Gasteiger partial charge in [0.15, 0.2) is 5.65 Å². The number of carbonyl (C=O) groups excluding carboxylic acids is 1. The first-order valence-electron chi connectivity index (χ1n) is 12.7. The van der Waals surface area contributed by atoms with Gasteiger partial charge < -0.3 is 15.4 Å². The summed E-state index contributed by atoms with van der Waals surface area (Å²) in [7, 11) is 0. The molecule has 0 aliphatic carbocycles. The van der Waals surface area contributed by atoms with E-state index in [0.29, 0.717) is 42.5 Å². The fourth-order valence-electron chi connectivity index (χ4n) is 4.30. The largest absolute Gasteiger partial charge is 0.477 e. The molecule has 12 heteroatoms. The van der Waals surface area contributed by atoms with Gasteiger partial charge in [-0.2, -0.15) is 13.2 Å². The number of piperazine rings is 1. The van der Waals surface area contributed by atoms with Crippen molar-refractivity contribution in [3.8, 4) is 17.7 Å². The Bertz CT molecular complexity index is 1580. The number of anilines is 1. The molecule has 1 amide bonds. The van der Waals surface area contributed by atoms with E-state index < -0.39 is 17.6 Å². The number of alkyl halides is 3. The SMILES string of the molecule is CCOc1ccc2ncc(C#Cc3ccnc(NC(=O)c4ccc(CN5CCNCC5)c(C(F)(F)F)c4)c3)n2n1. The van der Waals surface area contributed by atoms with Gasteiger partial charge in [0.2, 0.25) is 5.88 Å². The summed E-state index contributed by atoms with van der Waals surface area (Å²) in [6.07, 6.45) is -1.56. The molecule has 0 spiro atoms. The van der Waals surface area contributed by atoms with Crippen LogP contribution in [0.5, 0.6) is 5.88 Å². The molecule has 9 nitrogen and oxygen atoms in total. The molecule has 206 valence electrons. The number of pyridine rings is 1. The maximum absolute atomic E-state index is 13.9. The Morgan fingerprint density at radius 1 is 1.10 bits per heavy atom. The second-order valence-electron chi connectivity index (χ2n) is 9.05. The third-order valence-corrected chi connectivity index (χ3v) is 6.25. The van der Waals surface area contributed by atoms with E-state index in [4.69, 9.17) is 4.74 Å². The van der Waals surface area contributed by atoms with Crippen LogP contribution in [0.1, 0.15) is 39.7 Å². The summed E-state index contributed by atoms with van der Waals surface area (Å²) < 4.78 is 48.6. The summed E-state index contributed by atoms with van der Waals surface area (Å²) in [6, 6.07) is 10.3. The molecule has 0 saturated carbocycles. The highest BCUT2D eigenvalue weighted by molar-refractivity contribution is 6.04. The van der Waals surface area contributed by atoms with E-state index in [0.717, 1.165) is 19.2 Å². The van der Waals surface area contributed by atoms with E-state index in [1.54, 1.807) is 28.9 Å². The molecule has 0 unspecified atom stereocenters. The molecule has 4 heterocycles. The lowest BCUT2D eigenvalue weighted by Crippen LogP contribution is -2.43. The number of amides is 1. The standard InChI is InChI=1S/C28H26F3N7O2/c1-2-40-26-8-7-25-34-17-22(38(25)36-26)6-3-19-9-10-33-24(15-19)35-27(39)20-4-5-21(23(16-20)28(29,30)31)18-37-13-11-32-12-14-37/h4-5,7-10,15-17,32H,2,11-14,18H2,1H3,(H,33,35,39). The number of hydrogen-bond acceptors (Lipinski definition) is 7. The third-order valence-electron chi connectivity index (χ3n) is 6.25. The first-order chi connectivity index (χ1) is 19.3. The van der Waals surface area contributed by atoms with Crippen molar-refractivity contribution in [2.75, 3.05) is 38.1 Å². The summed E-state index contributed by atoms with van der Waals surface area (Å²) in [6.45, 7) is 5.26.